The zero-order chi connectivity index (χ0) is 10.9. The first-order valence-electron chi connectivity index (χ1n) is 4.72. The molecule has 0 bridgehead atoms. The van der Waals surface area contributed by atoms with E-state index < -0.39 is 13.0 Å². The number of ether oxygens (including phenoxy) is 2. The van der Waals surface area contributed by atoms with Crippen LogP contribution in [0.1, 0.15) is 11.9 Å². The Bertz CT molecular complexity index is 348. The monoisotopic (exact) mass is 218 g/mol. The molecule has 16 heavy (non-hydrogen) atoms. The van der Waals surface area contributed by atoms with E-state index in [1.165, 1.54) is 12.1 Å². The van der Waals surface area contributed by atoms with Gasteiger partial charge in [-0.1, -0.05) is 24.3 Å². The quantitative estimate of drug-likeness (QED) is 0.439. The summed E-state index contributed by atoms with van der Waals surface area (Å²) >= 11 is 0. The summed E-state index contributed by atoms with van der Waals surface area (Å²) in [5.41, 5.74) is 0.708. The fourth-order valence-electron chi connectivity index (χ4n) is 1.50. The van der Waals surface area contributed by atoms with Crippen molar-refractivity contribution in [1.82, 2.24) is 0 Å². The smallest absolute Gasteiger partial charge is 0.556 e. The van der Waals surface area contributed by atoms with Gasteiger partial charge >= 0.3 is 25.6 Å². The van der Waals surface area contributed by atoms with Crippen LogP contribution in [0.2, 0.25) is 0 Å². The summed E-state index contributed by atoms with van der Waals surface area (Å²) in [5, 5.41) is 27.1. The zero-order valence-electron chi connectivity index (χ0n) is 9.04. The average Bonchev–Trinajstić information content (AvgIpc) is 2.69. The number of benzene rings is 1. The molecule has 7 heteroatoms. The van der Waals surface area contributed by atoms with E-state index in [9.17, 15) is 0 Å². The molecule has 0 aromatic heterocycles. The van der Waals surface area contributed by atoms with Crippen LogP contribution < -0.4 is 24.3 Å². The van der Waals surface area contributed by atoms with Crippen LogP contribution >= 0.6 is 0 Å². The van der Waals surface area contributed by atoms with Crippen LogP contribution in [0.5, 0.6) is 0 Å². The molecule has 3 N–H and O–H groups in total. The van der Waals surface area contributed by atoms with Gasteiger partial charge in [0.15, 0.2) is 6.29 Å². The summed E-state index contributed by atoms with van der Waals surface area (Å²) in [6.07, 6.45) is -0.483. The molecule has 1 aliphatic heterocycles. The van der Waals surface area contributed by atoms with Gasteiger partial charge in [-0.25, -0.2) is 0 Å². The largest absolute Gasteiger partial charge is 1.00 e. The second kappa shape index (κ2) is 5.34. The molecule has 1 aromatic rings. The van der Waals surface area contributed by atoms with Crippen molar-refractivity contribution in [2.24, 2.45) is 0 Å². The SMILES string of the molecule is O[B-](O)(O)c1cccc(C2OCCO2)c1.[Li+]. The van der Waals surface area contributed by atoms with E-state index in [-0.39, 0.29) is 24.3 Å². The maximum absolute atomic E-state index is 9.05. The van der Waals surface area contributed by atoms with Crippen molar-refractivity contribution in [3.63, 3.8) is 0 Å². The van der Waals surface area contributed by atoms with Gasteiger partial charge in [0, 0.05) is 5.56 Å². The molecule has 1 saturated heterocycles. The molecule has 0 saturated carbocycles. The fraction of sp³-hybridized carbons (Fsp3) is 0.333. The van der Waals surface area contributed by atoms with Gasteiger partial charge in [-0.15, -0.1) is 5.46 Å². The van der Waals surface area contributed by atoms with E-state index in [4.69, 9.17) is 24.5 Å². The molecule has 1 aromatic carbocycles. The van der Waals surface area contributed by atoms with Crippen molar-refractivity contribution in [2.75, 3.05) is 13.2 Å². The summed E-state index contributed by atoms with van der Waals surface area (Å²) in [7, 11) is 0. The molecular weight excluding hydrogens is 206 g/mol. The maximum atomic E-state index is 9.05. The molecule has 0 unspecified atom stereocenters. The molecule has 82 valence electrons. The summed E-state index contributed by atoms with van der Waals surface area (Å²) < 4.78 is 10.5. The molecule has 0 aliphatic carbocycles. The third-order valence-electron chi connectivity index (χ3n) is 2.25. The predicted molar refractivity (Wildman–Crippen MR) is 53.1 cm³/mol. The first-order chi connectivity index (χ1) is 7.07. The minimum atomic E-state index is -3.46. The van der Waals surface area contributed by atoms with Gasteiger partial charge in [0.1, 0.15) is 0 Å². The standard InChI is InChI=1S/C9H12BO5.Li/c11-10(12,13)8-3-1-2-7(6-8)9-14-4-5-15-9;/h1-3,6,9,11-13H,4-5H2;/q-1;+1. The normalized spacial score (nSPS) is 17.2. The Labute approximate surface area is 105 Å². The molecule has 5 nitrogen and oxygen atoms in total. The summed E-state index contributed by atoms with van der Waals surface area (Å²) in [6, 6.07) is 6.23. The molecule has 1 aliphatic rings. The molecular formula is C9H12BLiO5. The molecule has 2 rings (SSSR count). The van der Waals surface area contributed by atoms with E-state index in [1.807, 2.05) is 0 Å². The van der Waals surface area contributed by atoms with E-state index in [0.29, 0.717) is 18.8 Å². The Kier molecular flexibility index (Phi) is 4.59. The first-order valence-corrected chi connectivity index (χ1v) is 4.72. The van der Waals surface area contributed by atoms with Gasteiger partial charge in [-0.3, -0.25) is 0 Å². The van der Waals surface area contributed by atoms with Gasteiger partial charge < -0.3 is 24.5 Å². The van der Waals surface area contributed by atoms with Crippen molar-refractivity contribution >= 4 is 12.2 Å². The number of rotatable bonds is 2. The van der Waals surface area contributed by atoms with Crippen LogP contribution in [0.4, 0.5) is 0 Å². The van der Waals surface area contributed by atoms with E-state index in [0.717, 1.165) is 0 Å². The molecule has 0 spiro atoms. The Morgan fingerprint density at radius 2 is 1.75 bits per heavy atom. The van der Waals surface area contributed by atoms with Crippen molar-refractivity contribution in [2.45, 2.75) is 6.29 Å². The minimum absolute atomic E-state index is 0. The molecule has 0 atom stereocenters. The van der Waals surface area contributed by atoms with Gasteiger partial charge in [0.05, 0.1) is 13.2 Å². The maximum Gasteiger partial charge on any atom is 1.00 e. The van der Waals surface area contributed by atoms with Crippen LogP contribution in [0.25, 0.3) is 0 Å². The third kappa shape index (κ3) is 3.09. The van der Waals surface area contributed by atoms with Crippen molar-refractivity contribution in [3.05, 3.63) is 29.8 Å². The molecule has 0 radical (unpaired) electrons. The first kappa shape index (κ1) is 13.7. The zero-order valence-corrected chi connectivity index (χ0v) is 9.04. The topological polar surface area (TPSA) is 79.2 Å². The van der Waals surface area contributed by atoms with Gasteiger partial charge in [-0.2, -0.15) is 0 Å². The Morgan fingerprint density at radius 1 is 1.12 bits per heavy atom. The fourth-order valence-corrected chi connectivity index (χ4v) is 1.50. The average molecular weight is 218 g/mol. The van der Waals surface area contributed by atoms with E-state index in [1.54, 1.807) is 12.1 Å². The van der Waals surface area contributed by atoms with E-state index >= 15 is 0 Å². The van der Waals surface area contributed by atoms with Gasteiger partial charge in [0.2, 0.25) is 0 Å². The Hall–Kier alpha value is -0.318. The van der Waals surface area contributed by atoms with Gasteiger partial charge in [-0.05, 0) is 0 Å². The number of hydrogen-bond donors (Lipinski definition) is 3. The van der Waals surface area contributed by atoms with Crippen LogP contribution in [0.3, 0.4) is 0 Å². The van der Waals surface area contributed by atoms with Crippen LogP contribution in [0, 0.1) is 0 Å². The third-order valence-corrected chi connectivity index (χ3v) is 2.25. The predicted octanol–water partition coefficient (Wildman–Crippen LogP) is -4.14. The summed E-state index contributed by atoms with van der Waals surface area (Å²) in [5.74, 6) is 0. The Morgan fingerprint density at radius 3 is 2.31 bits per heavy atom. The molecule has 1 heterocycles. The second-order valence-corrected chi connectivity index (χ2v) is 3.48. The second-order valence-electron chi connectivity index (χ2n) is 3.48. The van der Waals surface area contributed by atoms with Crippen LogP contribution in [-0.4, -0.2) is 35.0 Å². The van der Waals surface area contributed by atoms with Crippen LogP contribution in [-0.2, 0) is 9.47 Å². The minimum Gasteiger partial charge on any atom is -0.556 e. The van der Waals surface area contributed by atoms with E-state index in [2.05, 4.69) is 0 Å². The molecule has 1 fully saturated rings. The van der Waals surface area contributed by atoms with Gasteiger partial charge in [0.25, 0.3) is 0 Å². The number of hydrogen-bond acceptors (Lipinski definition) is 5. The van der Waals surface area contributed by atoms with Crippen molar-refractivity contribution < 1.29 is 43.4 Å². The van der Waals surface area contributed by atoms with Crippen molar-refractivity contribution in [3.8, 4) is 0 Å². The van der Waals surface area contributed by atoms with Crippen molar-refractivity contribution in [1.29, 1.82) is 0 Å². The Balaban J connectivity index is 0.00000128. The summed E-state index contributed by atoms with van der Waals surface area (Å²) in [6.45, 7) is -2.42. The molecule has 0 amide bonds. The summed E-state index contributed by atoms with van der Waals surface area (Å²) in [4.78, 5) is 0. The van der Waals surface area contributed by atoms with Crippen LogP contribution in [0.15, 0.2) is 24.3 Å².